The van der Waals surface area contributed by atoms with Crippen molar-refractivity contribution < 1.29 is 4.74 Å². The van der Waals surface area contributed by atoms with E-state index < -0.39 is 0 Å². The second-order valence-corrected chi connectivity index (χ2v) is 5.05. The van der Waals surface area contributed by atoms with Gasteiger partial charge in [-0.3, -0.25) is 4.98 Å². The number of halogens is 1. The van der Waals surface area contributed by atoms with E-state index in [1.54, 1.807) is 19.5 Å². The molecule has 4 heteroatoms. The number of hydrogen-bond donors (Lipinski definition) is 1. The van der Waals surface area contributed by atoms with E-state index in [1.165, 1.54) is 0 Å². The first kappa shape index (κ1) is 13.1. The lowest BCUT2D eigenvalue weighted by Gasteiger charge is -2.16. The van der Waals surface area contributed by atoms with Crippen molar-refractivity contribution in [1.82, 2.24) is 4.98 Å². The van der Waals surface area contributed by atoms with E-state index in [0.717, 1.165) is 26.9 Å². The SMILES string of the molecule is COc1cncc(C(N)c2cc(Br)ccc2C)c1. The Bertz CT molecular complexity index is 557. The Kier molecular flexibility index (Phi) is 3.99. The number of benzene rings is 1. The molecule has 0 amide bonds. The lowest BCUT2D eigenvalue weighted by atomic mass is 9.97. The van der Waals surface area contributed by atoms with E-state index in [4.69, 9.17) is 10.5 Å². The van der Waals surface area contributed by atoms with E-state index >= 15 is 0 Å². The molecule has 0 spiro atoms. The summed E-state index contributed by atoms with van der Waals surface area (Å²) in [5, 5.41) is 0. The molecular weight excluding hydrogens is 292 g/mol. The van der Waals surface area contributed by atoms with Crippen LogP contribution in [0.25, 0.3) is 0 Å². The van der Waals surface area contributed by atoms with Crippen molar-refractivity contribution in [1.29, 1.82) is 0 Å². The van der Waals surface area contributed by atoms with Crippen LogP contribution < -0.4 is 10.5 Å². The van der Waals surface area contributed by atoms with E-state index in [9.17, 15) is 0 Å². The van der Waals surface area contributed by atoms with Crippen molar-refractivity contribution in [3.05, 3.63) is 57.8 Å². The number of ether oxygens (including phenoxy) is 1. The molecule has 3 nitrogen and oxygen atoms in total. The Morgan fingerprint density at radius 2 is 2.06 bits per heavy atom. The highest BCUT2D eigenvalue weighted by atomic mass is 79.9. The van der Waals surface area contributed by atoms with Gasteiger partial charge in [0.1, 0.15) is 5.75 Å². The smallest absolute Gasteiger partial charge is 0.137 e. The lowest BCUT2D eigenvalue weighted by molar-refractivity contribution is 0.412. The van der Waals surface area contributed by atoms with Crippen LogP contribution in [-0.4, -0.2) is 12.1 Å². The fourth-order valence-electron chi connectivity index (χ4n) is 1.84. The molecule has 94 valence electrons. The topological polar surface area (TPSA) is 48.1 Å². The van der Waals surface area contributed by atoms with Crippen LogP contribution in [0.1, 0.15) is 22.7 Å². The highest BCUT2D eigenvalue weighted by molar-refractivity contribution is 9.10. The van der Waals surface area contributed by atoms with Gasteiger partial charge < -0.3 is 10.5 Å². The van der Waals surface area contributed by atoms with Crippen molar-refractivity contribution in [2.24, 2.45) is 5.73 Å². The summed E-state index contributed by atoms with van der Waals surface area (Å²) in [5.74, 6) is 0.718. The van der Waals surface area contributed by atoms with Crippen molar-refractivity contribution in [3.8, 4) is 5.75 Å². The number of hydrogen-bond acceptors (Lipinski definition) is 3. The zero-order valence-electron chi connectivity index (χ0n) is 10.4. The third-order valence-electron chi connectivity index (χ3n) is 2.91. The molecule has 1 unspecified atom stereocenters. The van der Waals surface area contributed by atoms with Gasteiger partial charge in [-0.1, -0.05) is 22.0 Å². The second kappa shape index (κ2) is 5.50. The molecule has 2 rings (SSSR count). The molecule has 0 aliphatic rings. The summed E-state index contributed by atoms with van der Waals surface area (Å²) in [4.78, 5) is 4.14. The lowest BCUT2D eigenvalue weighted by Crippen LogP contribution is -2.13. The van der Waals surface area contributed by atoms with Crippen LogP contribution in [0, 0.1) is 6.92 Å². The molecule has 1 atom stereocenters. The van der Waals surface area contributed by atoms with Gasteiger partial charge in [-0.25, -0.2) is 0 Å². The summed E-state index contributed by atoms with van der Waals surface area (Å²) >= 11 is 3.47. The molecule has 2 N–H and O–H groups in total. The average Bonchev–Trinajstić information content (AvgIpc) is 2.41. The zero-order valence-corrected chi connectivity index (χ0v) is 11.9. The number of nitrogens with zero attached hydrogens (tertiary/aromatic N) is 1. The van der Waals surface area contributed by atoms with Crippen LogP contribution in [0.5, 0.6) is 5.75 Å². The van der Waals surface area contributed by atoms with Crippen LogP contribution >= 0.6 is 15.9 Å². The third kappa shape index (κ3) is 2.71. The minimum absolute atomic E-state index is 0.204. The molecule has 1 aromatic carbocycles. The maximum atomic E-state index is 6.29. The highest BCUT2D eigenvalue weighted by Crippen LogP contribution is 2.26. The number of aromatic nitrogens is 1. The summed E-state index contributed by atoms with van der Waals surface area (Å²) < 4.78 is 6.19. The molecule has 0 bridgehead atoms. The van der Waals surface area contributed by atoms with Gasteiger partial charge in [0.2, 0.25) is 0 Å². The van der Waals surface area contributed by atoms with E-state index in [2.05, 4.69) is 27.8 Å². The summed E-state index contributed by atoms with van der Waals surface area (Å²) in [6.07, 6.45) is 3.44. The van der Waals surface area contributed by atoms with E-state index in [1.807, 2.05) is 24.3 Å². The van der Waals surface area contributed by atoms with E-state index in [0.29, 0.717) is 0 Å². The first-order chi connectivity index (χ1) is 8.61. The van der Waals surface area contributed by atoms with Crippen LogP contribution in [0.3, 0.4) is 0 Å². The Labute approximate surface area is 115 Å². The minimum Gasteiger partial charge on any atom is -0.495 e. The third-order valence-corrected chi connectivity index (χ3v) is 3.40. The van der Waals surface area contributed by atoms with Gasteiger partial charge >= 0.3 is 0 Å². The fraction of sp³-hybridized carbons (Fsp3) is 0.214. The summed E-state index contributed by atoms with van der Waals surface area (Å²) in [7, 11) is 1.62. The molecule has 0 radical (unpaired) electrons. The molecule has 1 heterocycles. The Morgan fingerprint density at radius 1 is 1.28 bits per heavy atom. The van der Waals surface area contributed by atoms with Gasteiger partial charge in [-0.05, 0) is 41.8 Å². The van der Waals surface area contributed by atoms with Crippen molar-refractivity contribution in [3.63, 3.8) is 0 Å². The molecule has 1 aromatic heterocycles. The van der Waals surface area contributed by atoms with Crippen molar-refractivity contribution >= 4 is 15.9 Å². The quantitative estimate of drug-likeness (QED) is 0.947. The number of methoxy groups -OCH3 is 1. The molecule has 18 heavy (non-hydrogen) atoms. The molecule has 0 fully saturated rings. The predicted octanol–water partition coefficient (Wildman–Crippen LogP) is 3.21. The maximum absolute atomic E-state index is 6.29. The van der Waals surface area contributed by atoms with Crippen LogP contribution in [-0.2, 0) is 0 Å². The normalized spacial score (nSPS) is 12.2. The number of aryl methyl sites for hydroxylation is 1. The average molecular weight is 307 g/mol. The maximum Gasteiger partial charge on any atom is 0.137 e. The molecule has 2 aromatic rings. The van der Waals surface area contributed by atoms with Gasteiger partial charge in [-0.15, -0.1) is 0 Å². The molecular formula is C14H15BrN2O. The highest BCUT2D eigenvalue weighted by Gasteiger charge is 2.13. The molecule has 0 saturated carbocycles. The van der Waals surface area contributed by atoms with Gasteiger partial charge in [0, 0.05) is 10.7 Å². The summed E-state index contributed by atoms with van der Waals surface area (Å²) in [5.41, 5.74) is 9.48. The van der Waals surface area contributed by atoms with Gasteiger partial charge in [-0.2, -0.15) is 0 Å². The number of pyridine rings is 1. The molecule has 0 aliphatic carbocycles. The number of nitrogens with two attached hydrogens (primary N) is 1. The first-order valence-electron chi connectivity index (χ1n) is 5.62. The second-order valence-electron chi connectivity index (χ2n) is 4.14. The monoisotopic (exact) mass is 306 g/mol. The first-order valence-corrected chi connectivity index (χ1v) is 6.41. The van der Waals surface area contributed by atoms with Gasteiger partial charge in [0.25, 0.3) is 0 Å². The van der Waals surface area contributed by atoms with Crippen LogP contribution in [0.4, 0.5) is 0 Å². The number of rotatable bonds is 3. The van der Waals surface area contributed by atoms with Gasteiger partial charge in [0.05, 0.1) is 19.3 Å². The van der Waals surface area contributed by atoms with Crippen molar-refractivity contribution in [2.75, 3.05) is 7.11 Å². The summed E-state index contributed by atoms with van der Waals surface area (Å²) in [6, 6.07) is 7.81. The summed E-state index contributed by atoms with van der Waals surface area (Å²) in [6.45, 7) is 2.05. The van der Waals surface area contributed by atoms with Crippen LogP contribution in [0.15, 0.2) is 41.1 Å². The Balaban J connectivity index is 2.40. The standard InChI is InChI=1S/C14H15BrN2O/c1-9-3-4-11(15)6-13(9)14(16)10-5-12(18-2)8-17-7-10/h3-8,14H,16H2,1-2H3. The molecule has 0 aliphatic heterocycles. The van der Waals surface area contributed by atoms with E-state index in [-0.39, 0.29) is 6.04 Å². The Hall–Kier alpha value is -1.39. The van der Waals surface area contributed by atoms with Crippen molar-refractivity contribution in [2.45, 2.75) is 13.0 Å². The predicted molar refractivity (Wildman–Crippen MR) is 75.7 cm³/mol. The molecule has 0 saturated heterocycles. The van der Waals surface area contributed by atoms with Crippen LogP contribution in [0.2, 0.25) is 0 Å². The fourth-order valence-corrected chi connectivity index (χ4v) is 2.22. The van der Waals surface area contributed by atoms with Gasteiger partial charge in [0.15, 0.2) is 0 Å². The zero-order chi connectivity index (χ0) is 13.1. The Morgan fingerprint density at radius 3 is 2.78 bits per heavy atom. The minimum atomic E-state index is -0.204. The largest absolute Gasteiger partial charge is 0.495 e.